The van der Waals surface area contributed by atoms with Crippen molar-refractivity contribution in [3.05, 3.63) is 62.5 Å². The van der Waals surface area contributed by atoms with E-state index < -0.39 is 0 Å². The molecule has 1 aromatic carbocycles. The van der Waals surface area contributed by atoms with E-state index in [4.69, 9.17) is 34.8 Å². The minimum absolute atomic E-state index is 0.218. The molecule has 23 heavy (non-hydrogen) atoms. The second kappa shape index (κ2) is 8.39. The molecule has 1 heterocycles. The van der Waals surface area contributed by atoms with E-state index in [1.807, 2.05) is 0 Å². The Hall–Kier alpha value is -1.49. The van der Waals surface area contributed by atoms with Gasteiger partial charge in [0.15, 0.2) is 0 Å². The lowest BCUT2D eigenvalue weighted by Gasteiger charge is -2.11. The zero-order valence-electron chi connectivity index (χ0n) is 12.2. The first-order chi connectivity index (χ1) is 11.0. The van der Waals surface area contributed by atoms with Gasteiger partial charge in [0.05, 0.1) is 6.54 Å². The number of nitrogens with zero attached hydrogens (tertiary/aromatic N) is 1. The Labute approximate surface area is 149 Å². The van der Waals surface area contributed by atoms with Gasteiger partial charge in [0, 0.05) is 34.1 Å². The number of carbonyl (C=O) groups is 1. The van der Waals surface area contributed by atoms with Crippen molar-refractivity contribution in [2.24, 2.45) is 0 Å². The average Bonchev–Trinajstić information content (AvgIpc) is 2.52. The fourth-order valence-electron chi connectivity index (χ4n) is 2.05. The molecular weight excluding hydrogens is 359 g/mol. The molecular formula is C16H15Cl3N2O2. The molecule has 0 aliphatic carbocycles. The Kier molecular flexibility index (Phi) is 6.51. The summed E-state index contributed by atoms with van der Waals surface area (Å²) >= 11 is 17.8. The summed E-state index contributed by atoms with van der Waals surface area (Å²) < 4.78 is 1.45. The molecule has 7 heteroatoms. The third kappa shape index (κ3) is 4.74. The van der Waals surface area contributed by atoms with Crippen LogP contribution in [-0.2, 0) is 11.3 Å². The molecule has 0 radical (unpaired) electrons. The first kappa shape index (κ1) is 17.9. The highest BCUT2D eigenvalue weighted by Gasteiger charge is 2.10. The van der Waals surface area contributed by atoms with Gasteiger partial charge in [0.2, 0.25) is 5.91 Å². The molecule has 0 bridgehead atoms. The van der Waals surface area contributed by atoms with Crippen LogP contribution in [-0.4, -0.2) is 16.4 Å². The van der Waals surface area contributed by atoms with E-state index in [-0.39, 0.29) is 30.1 Å². The highest BCUT2D eigenvalue weighted by molar-refractivity contribution is 6.35. The highest BCUT2D eigenvalue weighted by Crippen LogP contribution is 2.24. The van der Waals surface area contributed by atoms with E-state index in [1.165, 1.54) is 4.57 Å². The van der Waals surface area contributed by atoms with E-state index >= 15 is 0 Å². The van der Waals surface area contributed by atoms with Gasteiger partial charge in [-0.1, -0.05) is 29.3 Å². The number of carbonyl (C=O) groups excluding carboxylic acids is 1. The van der Waals surface area contributed by atoms with Crippen LogP contribution in [0.1, 0.15) is 18.4 Å². The molecule has 1 amide bonds. The van der Waals surface area contributed by atoms with Crippen LogP contribution in [0.25, 0.3) is 0 Å². The van der Waals surface area contributed by atoms with E-state index in [9.17, 15) is 9.59 Å². The van der Waals surface area contributed by atoms with Crippen LogP contribution in [0, 0.1) is 0 Å². The largest absolute Gasteiger partial charge is 0.321 e. The first-order valence-corrected chi connectivity index (χ1v) is 8.30. The zero-order valence-corrected chi connectivity index (χ0v) is 14.5. The fraction of sp³-hybridized carbons (Fsp3) is 0.250. The van der Waals surface area contributed by atoms with Crippen LogP contribution in [0.5, 0.6) is 0 Å². The Morgan fingerprint density at radius 2 is 1.83 bits per heavy atom. The van der Waals surface area contributed by atoms with Gasteiger partial charge in [0.25, 0.3) is 5.56 Å². The lowest BCUT2D eigenvalue weighted by Crippen LogP contribution is -2.25. The smallest absolute Gasteiger partial charge is 0.274 e. The molecule has 0 atom stereocenters. The summed E-state index contributed by atoms with van der Waals surface area (Å²) in [7, 11) is 0. The Balaban J connectivity index is 2.23. The second-order valence-electron chi connectivity index (χ2n) is 4.90. The van der Waals surface area contributed by atoms with Gasteiger partial charge in [-0.25, -0.2) is 0 Å². The van der Waals surface area contributed by atoms with Gasteiger partial charge in [-0.3, -0.25) is 9.59 Å². The molecule has 2 rings (SSSR count). The van der Waals surface area contributed by atoms with E-state index in [2.05, 4.69) is 5.32 Å². The number of nitrogens with one attached hydrogen (secondary N) is 1. The summed E-state index contributed by atoms with van der Waals surface area (Å²) in [5.41, 5.74) is 0.557. The lowest BCUT2D eigenvalue weighted by molar-refractivity contribution is -0.116. The average molecular weight is 374 g/mol. The van der Waals surface area contributed by atoms with Gasteiger partial charge in [-0.2, -0.15) is 0 Å². The predicted octanol–water partition coefficient (Wildman–Crippen LogP) is 4.16. The quantitative estimate of drug-likeness (QED) is 0.773. The maximum Gasteiger partial charge on any atom is 0.274 e. The van der Waals surface area contributed by atoms with Gasteiger partial charge >= 0.3 is 0 Å². The van der Waals surface area contributed by atoms with Gasteiger partial charge < -0.3 is 9.88 Å². The van der Waals surface area contributed by atoms with Gasteiger partial charge in [-0.05, 0) is 30.7 Å². The SMILES string of the molecule is O=C(CCCCl)Nc1cccn(Cc2c(Cl)cccc2Cl)c1=O. The lowest BCUT2D eigenvalue weighted by atomic mass is 10.2. The molecule has 0 aliphatic rings. The number of hydrogen-bond donors (Lipinski definition) is 1. The van der Waals surface area contributed by atoms with Crippen molar-refractivity contribution >= 4 is 46.4 Å². The summed E-state index contributed by atoms with van der Waals surface area (Å²) in [5, 5.41) is 3.58. The number of amides is 1. The maximum atomic E-state index is 12.4. The highest BCUT2D eigenvalue weighted by atomic mass is 35.5. The Bertz CT molecular complexity index is 739. The molecule has 0 saturated heterocycles. The van der Waals surface area contributed by atoms with Crippen LogP contribution >= 0.6 is 34.8 Å². The third-order valence-electron chi connectivity index (χ3n) is 3.22. The monoisotopic (exact) mass is 372 g/mol. The molecule has 1 N–H and O–H groups in total. The summed E-state index contributed by atoms with van der Waals surface area (Å²) in [6, 6.07) is 8.41. The number of benzene rings is 1. The van der Waals surface area contributed by atoms with Crippen LogP contribution < -0.4 is 10.9 Å². The van der Waals surface area contributed by atoms with Crippen LogP contribution in [0.4, 0.5) is 5.69 Å². The Morgan fingerprint density at radius 3 is 2.48 bits per heavy atom. The molecule has 0 fully saturated rings. The number of aromatic nitrogens is 1. The summed E-state index contributed by atoms with van der Waals surface area (Å²) in [6.45, 7) is 0.225. The summed E-state index contributed by atoms with van der Waals surface area (Å²) in [5.74, 6) is 0.161. The van der Waals surface area contributed by atoms with Crippen molar-refractivity contribution < 1.29 is 4.79 Å². The van der Waals surface area contributed by atoms with Gasteiger partial charge in [0.1, 0.15) is 5.69 Å². The van der Waals surface area contributed by atoms with Crippen molar-refractivity contribution in [3.8, 4) is 0 Å². The fourth-order valence-corrected chi connectivity index (χ4v) is 2.70. The molecule has 1 aromatic heterocycles. The standard InChI is InChI=1S/C16H15Cl3N2O2/c17-8-2-7-15(22)20-14-6-3-9-21(16(14)23)10-11-12(18)4-1-5-13(11)19/h1,3-6,9H,2,7-8,10H2,(H,20,22). The number of alkyl halides is 1. The van der Waals surface area contributed by atoms with Crippen molar-refractivity contribution in [1.82, 2.24) is 4.57 Å². The van der Waals surface area contributed by atoms with E-state index in [0.717, 1.165) is 0 Å². The summed E-state index contributed by atoms with van der Waals surface area (Å²) in [6.07, 6.45) is 2.45. The Morgan fingerprint density at radius 1 is 1.13 bits per heavy atom. The predicted molar refractivity (Wildman–Crippen MR) is 94.8 cm³/mol. The molecule has 0 aliphatic heterocycles. The normalized spacial score (nSPS) is 10.6. The molecule has 0 unspecified atom stereocenters. The third-order valence-corrected chi connectivity index (χ3v) is 4.20. The van der Waals surface area contributed by atoms with Crippen molar-refractivity contribution in [2.45, 2.75) is 19.4 Å². The minimum Gasteiger partial charge on any atom is -0.321 e. The molecule has 0 spiro atoms. The number of anilines is 1. The van der Waals surface area contributed by atoms with Crippen LogP contribution in [0.15, 0.2) is 41.3 Å². The molecule has 2 aromatic rings. The molecule has 0 saturated carbocycles. The van der Waals surface area contributed by atoms with Crippen molar-refractivity contribution in [1.29, 1.82) is 0 Å². The van der Waals surface area contributed by atoms with Crippen LogP contribution in [0.3, 0.4) is 0 Å². The first-order valence-electron chi connectivity index (χ1n) is 7.01. The van der Waals surface area contributed by atoms with Gasteiger partial charge in [-0.15, -0.1) is 11.6 Å². The number of rotatable bonds is 6. The number of halogens is 3. The topological polar surface area (TPSA) is 51.1 Å². The van der Waals surface area contributed by atoms with E-state index in [0.29, 0.717) is 27.9 Å². The number of hydrogen-bond acceptors (Lipinski definition) is 2. The zero-order chi connectivity index (χ0) is 16.8. The molecule has 4 nitrogen and oxygen atoms in total. The van der Waals surface area contributed by atoms with Crippen molar-refractivity contribution in [2.75, 3.05) is 11.2 Å². The summed E-state index contributed by atoms with van der Waals surface area (Å²) in [4.78, 5) is 24.2. The number of pyridine rings is 1. The second-order valence-corrected chi connectivity index (χ2v) is 6.09. The van der Waals surface area contributed by atoms with E-state index in [1.54, 1.807) is 36.5 Å². The molecule has 122 valence electrons. The van der Waals surface area contributed by atoms with Crippen molar-refractivity contribution in [3.63, 3.8) is 0 Å². The van der Waals surface area contributed by atoms with Crippen LogP contribution in [0.2, 0.25) is 10.0 Å². The minimum atomic E-state index is -0.317. The maximum absolute atomic E-state index is 12.4.